The fourth-order valence-corrected chi connectivity index (χ4v) is 4.49. The van der Waals surface area contributed by atoms with Gasteiger partial charge in [-0.15, -0.1) is 0 Å². The molecule has 0 saturated heterocycles. The Labute approximate surface area is 163 Å². The normalized spacial score (nSPS) is 12.4. The Kier molecular flexibility index (Phi) is 3.30. The van der Waals surface area contributed by atoms with Crippen molar-refractivity contribution in [2.45, 2.75) is 6.42 Å². The number of ether oxygens (including phenoxy) is 1. The summed E-state index contributed by atoms with van der Waals surface area (Å²) in [7, 11) is 0. The Bertz CT molecular complexity index is 1350. The Balaban J connectivity index is 1.78. The number of hydrogen-bond donors (Lipinski definition) is 0. The molecule has 0 aliphatic carbocycles. The number of rotatable bonds is 1. The van der Waals surface area contributed by atoms with E-state index in [1.807, 2.05) is 6.07 Å². The molecule has 0 amide bonds. The first kappa shape index (κ1) is 15.5. The van der Waals surface area contributed by atoms with E-state index in [1.54, 1.807) is 0 Å². The Morgan fingerprint density at radius 3 is 2.18 bits per heavy atom. The van der Waals surface area contributed by atoms with E-state index in [0.29, 0.717) is 0 Å². The summed E-state index contributed by atoms with van der Waals surface area (Å²) in [5.41, 5.74) is 5.04. The van der Waals surface area contributed by atoms with Gasteiger partial charge < -0.3 is 4.74 Å². The molecule has 0 saturated carbocycles. The van der Waals surface area contributed by atoms with Crippen molar-refractivity contribution in [1.29, 1.82) is 0 Å². The fourth-order valence-electron chi connectivity index (χ4n) is 4.49. The quantitative estimate of drug-likeness (QED) is 0.279. The molecule has 1 heteroatoms. The third-order valence-corrected chi connectivity index (χ3v) is 5.74. The van der Waals surface area contributed by atoms with E-state index in [0.717, 1.165) is 17.9 Å². The van der Waals surface area contributed by atoms with Gasteiger partial charge in [-0.25, -0.2) is 0 Å². The van der Waals surface area contributed by atoms with Gasteiger partial charge in [0.25, 0.3) is 0 Å². The number of benzene rings is 5. The lowest BCUT2D eigenvalue weighted by Crippen LogP contribution is -2.05. The largest absolute Gasteiger partial charge is 0.456 e. The van der Waals surface area contributed by atoms with Crippen molar-refractivity contribution in [2.75, 3.05) is 0 Å². The lowest BCUT2D eigenvalue weighted by atomic mass is 9.86. The summed E-state index contributed by atoms with van der Waals surface area (Å²) in [4.78, 5) is 0. The standard InChI is InChI=1S/C27H18O/c1-2-9-18(10-3-1)20-14-8-15-22-21-12-5-6-13-23(21)27-24(26(20)22)17-19-11-4-7-16-25(19)28-27/h1-16H,17H2. The third-order valence-electron chi connectivity index (χ3n) is 5.74. The summed E-state index contributed by atoms with van der Waals surface area (Å²) in [6, 6.07) is 34.3. The molecule has 0 atom stereocenters. The van der Waals surface area contributed by atoms with Gasteiger partial charge in [-0.05, 0) is 38.9 Å². The van der Waals surface area contributed by atoms with Crippen molar-refractivity contribution in [2.24, 2.45) is 0 Å². The van der Waals surface area contributed by atoms with Crippen molar-refractivity contribution >= 4 is 21.5 Å². The van der Waals surface area contributed by atoms with E-state index in [9.17, 15) is 0 Å². The molecule has 132 valence electrons. The first-order valence-corrected chi connectivity index (χ1v) is 9.67. The van der Waals surface area contributed by atoms with Crippen LogP contribution in [0.1, 0.15) is 11.1 Å². The molecule has 1 nitrogen and oxygen atoms in total. The van der Waals surface area contributed by atoms with Gasteiger partial charge >= 0.3 is 0 Å². The topological polar surface area (TPSA) is 9.23 Å². The van der Waals surface area contributed by atoms with Crippen molar-refractivity contribution in [3.05, 3.63) is 108 Å². The minimum atomic E-state index is 0.886. The molecule has 0 radical (unpaired) electrons. The average Bonchev–Trinajstić information content (AvgIpc) is 2.78. The van der Waals surface area contributed by atoms with Gasteiger partial charge in [0.05, 0.1) is 0 Å². The van der Waals surface area contributed by atoms with Gasteiger partial charge in [-0.1, -0.05) is 91.0 Å². The number of para-hydroxylation sites is 1. The second kappa shape index (κ2) is 5.97. The molecule has 1 aliphatic rings. The summed E-state index contributed by atoms with van der Waals surface area (Å²) in [5.74, 6) is 1.97. The van der Waals surface area contributed by atoms with Gasteiger partial charge in [0.15, 0.2) is 0 Å². The van der Waals surface area contributed by atoms with Crippen LogP contribution in [0.15, 0.2) is 97.1 Å². The Morgan fingerprint density at radius 2 is 1.29 bits per heavy atom. The lowest BCUT2D eigenvalue weighted by Gasteiger charge is -2.25. The molecular weight excluding hydrogens is 340 g/mol. The van der Waals surface area contributed by atoms with E-state index in [1.165, 1.54) is 43.8 Å². The number of hydrogen-bond acceptors (Lipinski definition) is 1. The van der Waals surface area contributed by atoms with Crippen LogP contribution < -0.4 is 4.74 Å². The van der Waals surface area contributed by atoms with Crippen LogP contribution in [0.4, 0.5) is 0 Å². The van der Waals surface area contributed by atoms with Crippen molar-refractivity contribution < 1.29 is 4.74 Å². The van der Waals surface area contributed by atoms with Crippen LogP contribution in [-0.4, -0.2) is 0 Å². The summed E-state index contributed by atoms with van der Waals surface area (Å²) >= 11 is 0. The minimum absolute atomic E-state index is 0.886. The lowest BCUT2D eigenvalue weighted by molar-refractivity contribution is 0.467. The molecule has 0 unspecified atom stereocenters. The summed E-state index contributed by atoms with van der Waals surface area (Å²) < 4.78 is 6.49. The summed E-state index contributed by atoms with van der Waals surface area (Å²) in [6.07, 6.45) is 0.886. The van der Waals surface area contributed by atoms with Gasteiger partial charge in [0, 0.05) is 17.4 Å². The zero-order valence-electron chi connectivity index (χ0n) is 15.4. The zero-order valence-corrected chi connectivity index (χ0v) is 15.4. The van der Waals surface area contributed by atoms with Gasteiger partial charge in [-0.3, -0.25) is 0 Å². The molecule has 28 heavy (non-hydrogen) atoms. The monoisotopic (exact) mass is 358 g/mol. The maximum Gasteiger partial charge on any atom is 0.139 e. The van der Waals surface area contributed by atoms with E-state index >= 15 is 0 Å². The third kappa shape index (κ3) is 2.20. The second-order valence-electron chi connectivity index (χ2n) is 7.33. The molecule has 6 rings (SSSR count). The second-order valence-corrected chi connectivity index (χ2v) is 7.33. The fraction of sp³-hybridized carbons (Fsp3) is 0.0370. The highest BCUT2D eigenvalue weighted by Crippen LogP contribution is 2.47. The Morgan fingerprint density at radius 1 is 0.571 bits per heavy atom. The predicted molar refractivity (Wildman–Crippen MR) is 116 cm³/mol. The molecule has 5 aromatic rings. The molecule has 0 aromatic heterocycles. The molecule has 0 N–H and O–H groups in total. The van der Waals surface area contributed by atoms with Gasteiger partial charge in [0.1, 0.15) is 11.5 Å². The zero-order chi connectivity index (χ0) is 18.5. The van der Waals surface area contributed by atoms with Gasteiger partial charge in [-0.2, -0.15) is 0 Å². The van der Waals surface area contributed by atoms with Crippen LogP contribution >= 0.6 is 0 Å². The maximum atomic E-state index is 6.49. The highest BCUT2D eigenvalue weighted by atomic mass is 16.5. The van der Waals surface area contributed by atoms with Crippen molar-refractivity contribution in [3.8, 4) is 22.6 Å². The molecular formula is C27H18O. The van der Waals surface area contributed by atoms with Crippen LogP contribution in [0.2, 0.25) is 0 Å². The smallest absolute Gasteiger partial charge is 0.139 e. The van der Waals surface area contributed by atoms with E-state index < -0.39 is 0 Å². The van der Waals surface area contributed by atoms with E-state index in [2.05, 4.69) is 91.0 Å². The molecule has 5 aromatic carbocycles. The van der Waals surface area contributed by atoms with E-state index in [-0.39, 0.29) is 0 Å². The van der Waals surface area contributed by atoms with Crippen LogP contribution in [0.25, 0.3) is 32.7 Å². The van der Waals surface area contributed by atoms with Crippen LogP contribution in [0, 0.1) is 0 Å². The predicted octanol–water partition coefficient (Wildman–Crippen LogP) is 7.36. The highest BCUT2D eigenvalue weighted by molar-refractivity contribution is 6.16. The van der Waals surface area contributed by atoms with Crippen molar-refractivity contribution in [1.82, 2.24) is 0 Å². The first-order valence-electron chi connectivity index (χ1n) is 9.67. The molecule has 1 aliphatic heterocycles. The van der Waals surface area contributed by atoms with Gasteiger partial charge in [0.2, 0.25) is 0 Å². The maximum absolute atomic E-state index is 6.49. The van der Waals surface area contributed by atoms with Crippen LogP contribution in [0.5, 0.6) is 11.5 Å². The SMILES string of the molecule is c1ccc(-c2cccc3c2c2c(c4ccccc43)Oc3ccccc3C2)cc1. The molecule has 0 spiro atoms. The van der Waals surface area contributed by atoms with E-state index in [4.69, 9.17) is 4.74 Å². The minimum Gasteiger partial charge on any atom is -0.456 e. The summed E-state index contributed by atoms with van der Waals surface area (Å²) in [5, 5.41) is 5.02. The molecule has 0 bridgehead atoms. The van der Waals surface area contributed by atoms with Crippen LogP contribution in [-0.2, 0) is 6.42 Å². The molecule has 0 fully saturated rings. The summed E-state index contributed by atoms with van der Waals surface area (Å²) in [6.45, 7) is 0. The Hall–Kier alpha value is -3.58. The first-order chi connectivity index (χ1) is 13.9. The van der Waals surface area contributed by atoms with Crippen LogP contribution in [0.3, 0.4) is 0 Å². The average molecular weight is 358 g/mol. The highest BCUT2D eigenvalue weighted by Gasteiger charge is 2.24. The number of fused-ring (bicyclic) bond motifs is 7. The van der Waals surface area contributed by atoms with Crippen molar-refractivity contribution in [3.63, 3.8) is 0 Å². The molecule has 1 heterocycles.